The maximum absolute atomic E-state index is 14.0. The predicted octanol–water partition coefficient (Wildman–Crippen LogP) is 3.59. The molecule has 4 aliphatic carbocycles. The molecule has 4 saturated carbocycles. The number of benzene rings is 1. The summed E-state index contributed by atoms with van der Waals surface area (Å²) in [6.07, 6.45) is 6.38. The predicted molar refractivity (Wildman–Crippen MR) is 123 cm³/mol. The molecule has 32 heavy (non-hydrogen) atoms. The number of anilines is 1. The van der Waals surface area contributed by atoms with Crippen LogP contribution in [0.5, 0.6) is 0 Å². The fourth-order valence-corrected chi connectivity index (χ4v) is 7.76. The van der Waals surface area contributed by atoms with Gasteiger partial charge in [0.05, 0.1) is 11.0 Å². The highest BCUT2D eigenvalue weighted by atomic mass is 35.5. The summed E-state index contributed by atoms with van der Waals surface area (Å²) < 4.78 is 0. The molecular formula is C24H31ClN6O. The Bertz CT molecular complexity index is 1040. The summed E-state index contributed by atoms with van der Waals surface area (Å²) >= 11 is 6.25. The minimum Gasteiger partial charge on any atom is -0.368 e. The Labute approximate surface area is 194 Å². The first-order valence-corrected chi connectivity index (χ1v) is 12.3. The molecule has 2 atom stereocenters. The lowest BCUT2D eigenvalue weighted by Gasteiger charge is -2.61. The van der Waals surface area contributed by atoms with Crippen LogP contribution in [0.1, 0.15) is 49.9 Å². The molecule has 2 heterocycles. The molecule has 5 aliphatic rings. The van der Waals surface area contributed by atoms with Gasteiger partial charge in [-0.05, 0) is 87.1 Å². The maximum atomic E-state index is 14.0. The van der Waals surface area contributed by atoms with Crippen LogP contribution in [-0.2, 0) is 10.3 Å². The van der Waals surface area contributed by atoms with E-state index in [2.05, 4.69) is 38.2 Å². The minimum absolute atomic E-state index is 0.124. The van der Waals surface area contributed by atoms with Crippen molar-refractivity contribution in [3.05, 3.63) is 34.6 Å². The van der Waals surface area contributed by atoms with Crippen molar-refractivity contribution in [3.8, 4) is 0 Å². The van der Waals surface area contributed by atoms with E-state index in [0.29, 0.717) is 23.6 Å². The zero-order valence-electron chi connectivity index (χ0n) is 18.9. The number of aryl methyl sites for hydroxylation is 2. The van der Waals surface area contributed by atoms with E-state index in [1.807, 2.05) is 23.9 Å². The van der Waals surface area contributed by atoms with Gasteiger partial charge in [-0.25, -0.2) is 0 Å². The SMILES string of the molecule is Cc1nnn(C23CC4CC(CC(C(=O)N5CCN(c6cc(Cl)ccc6C)CC5)(C4)C2)C3)n1. The van der Waals surface area contributed by atoms with E-state index in [1.54, 1.807) is 0 Å². The standard InChI is InChI=1S/C24H31ClN6O/c1-16-3-4-20(25)10-21(16)29-5-7-30(8-6-29)22(32)23-11-18-9-19(12-23)14-24(13-18,15-23)31-27-17(2)26-28-31/h3-4,10,18-19H,5-9,11-15H2,1-2H3. The van der Waals surface area contributed by atoms with Gasteiger partial charge in [0.25, 0.3) is 0 Å². The first kappa shape index (κ1) is 20.5. The molecular weight excluding hydrogens is 424 g/mol. The van der Waals surface area contributed by atoms with Crippen LogP contribution in [-0.4, -0.2) is 57.2 Å². The quantitative estimate of drug-likeness (QED) is 0.709. The van der Waals surface area contributed by atoms with Crippen molar-refractivity contribution in [1.82, 2.24) is 25.1 Å². The third-order valence-corrected chi connectivity index (χ3v) is 8.74. The minimum atomic E-state index is -0.250. The molecule has 7 rings (SSSR count). The summed E-state index contributed by atoms with van der Waals surface area (Å²) in [5.74, 6) is 2.28. The molecule has 1 aromatic carbocycles. The van der Waals surface area contributed by atoms with E-state index in [1.165, 1.54) is 17.7 Å². The lowest BCUT2D eigenvalue weighted by molar-refractivity contribution is -0.168. The molecule has 0 N–H and O–H groups in total. The number of aromatic nitrogens is 4. The van der Waals surface area contributed by atoms with Crippen molar-refractivity contribution in [3.63, 3.8) is 0 Å². The lowest BCUT2D eigenvalue weighted by Crippen LogP contribution is -2.63. The fourth-order valence-electron chi connectivity index (χ4n) is 7.59. The third-order valence-electron chi connectivity index (χ3n) is 8.50. The third kappa shape index (κ3) is 3.15. The van der Waals surface area contributed by atoms with Gasteiger partial charge in [-0.3, -0.25) is 4.79 Å². The van der Waals surface area contributed by atoms with Gasteiger partial charge in [0.15, 0.2) is 5.82 Å². The van der Waals surface area contributed by atoms with Crippen LogP contribution < -0.4 is 4.90 Å². The second-order valence-corrected chi connectivity index (χ2v) is 11.2. The Morgan fingerprint density at radius 1 is 1.06 bits per heavy atom. The fraction of sp³-hybridized carbons (Fsp3) is 0.667. The zero-order chi connectivity index (χ0) is 22.1. The first-order valence-electron chi connectivity index (χ1n) is 11.9. The average molecular weight is 455 g/mol. The second kappa shape index (κ2) is 7.17. The van der Waals surface area contributed by atoms with Gasteiger partial charge >= 0.3 is 0 Å². The average Bonchev–Trinajstić information content (AvgIpc) is 3.21. The number of tetrazole rings is 1. The van der Waals surface area contributed by atoms with Gasteiger partial charge in [0.2, 0.25) is 5.91 Å². The number of hydrogen-bond acceptors (Lipinski definition) is 5. The van der Waals surface area contributed by atoms with Crippen molar-refractivity contribution in [1.29, 1.82) is 0 Å². The normalized spacial score (nSPS) is 33.7. The molecule has 8 heteroatoms. The van der Waals surface area contributed by atoms with Crippen molar-refractivity contribution >= 4 is 23.2 Å². The van der Waals surface area contributed by atoms with Gasteiger partial charge in [-0.15, -0.1) is 10.2 Å². The number of hydrogen-bond donors (Lipinski definition) is 0. The topological polar surface area (TPSA) is 67.2 Å². The Balaban J connectivity index is 1.22. The summed E-state index contributed by atoms with van der Waals surface area (Å²) in [5, 5.41) is 13.9. The van der Waals surface area contributed by atoms with Crippen molar-refractivity contribution < 1.29 is 4.79 Å². The van der Waals surface area contributed by atoms with Crippen LogP contribution >= 0.6 is 11.6 Å². The number of carbonyl (C=O) groups is 1. The first-order chi connectivity index (χ1) is 15.4. The monoisotopic (exact) mass is 454 g/mol. The van der Waals surface area contributed by atoms with Gasteiger partial charge < -0.3 is 9.80 Å². The summed E-state index contributed by atoms with van der Waals surface area (Å²) in [5.41, 5.74) is 2.04. The van der Waals surface area contributed by atoms with Crippen LogP contribution in [0, 0.1) is 31.1 Å². The molecule has 0 radical (unpaired) electrons. The van der Waals surface area contributed by atoms with E-state index < -0.39 is 0 Å². The summed E-state index contributed by atoms with van der Waals surface area (Å²) in [6, 6.07) is 6.06. The molecule has 1 aliphatic heterocycles. The van der Waals surface area contributed by atoms with Crippen LogP contribution in [0.2, 0.25) is 5.02 Å². The highest BCUT2D eigenvalue weighted by Gasteiger charge is 2.63. The Morgan fingerprint density at radius 3 is 2.44 bits per heavy atom. The van der Waals surface area contributed by atoms with Gasteiger partial charge in [-0.2, -0.15) is 4.80 Å². The number of rotatable bonds is 3. The zero-order valence-corrected chi connectivity index (χ0v) is 19.7. The number of piperazine rings is 1. The smallest absolute Gasteiger partial charge is 0.229 e. The molecule has 4 bridgehead atoms. The van der Waals surface area contributed by atoms with E-state index in [9.17, 15) is 4.79 Å². The number of halogens is 1. The molecule has 0 spiro atoms. The summed E-state index contributed by atoms with van der Waals surface area (Å²) in [7, 11) is 0. The molecule has 2 unspecified atom stereocenters. The van der Waals surface area contributed by atoms with Gasteiger partial charge in [-0.1, -0.05) is 17.7 Å². The maximum Gasteiger partial charge on any atom is 0.229 e. The van der Waals surface area contributed by atoms with E-state index in [0.717, 1.165) is 63.3 Å². The van der Waals surface area contributed by atoms with Crippen LogP contribution in [0.15, 0.2) is 18.2 Å². The summed E-state index contributed by atoms with van der Waals surface area (Å²) in [6.45, 7) is 7.27. The lowest BCUT2D eigenvalue weighted by atomic mass is 9.46. The van der Waals surface area contributed by atoms with E-state index in [4.69, 9.17) is 11.6 Å². The molecule has 170 valence electrons. The van der Waals surface area contributed by atoms with Crippen molar-refractivity contribution in [2.24, 2.45) is 17.3 Å². The summed E-state index contributed by atoms with van der Waals surface area (Å²) in [4.78, 5) is 20.4. The van der Waals surface area contributed by atoms with E-state index >= 15 is 0 Å². The van der Waals surface area contributed by atoms with Crippen LogP contribution in [0.3, 0.4) is 0 Å². The van der Waals surface area contributed by atoms with Gasteiger partial charge in [0, 0.05) is 36.9 Å². The van der Waals surface area contributed by atoms with Crippen molar-refractivity contribution in [2.45, 2.75) is 57.9 Å². The Hall–Kier alpha value is -2.15. The van der Waals surface area contributed by atoms with Crippen LogP contribution in [0.25, 0.3) is 0 Å². The van der Waals surface area contributed by atoms with Crippen LogP contribution in [0.4, 0.5) is 5.69 Å². The van der Waals surface area contributed by atoms with Crippen molar-refractivity contribution in [2.75, 3.05) is 31.1 Å². The molecule has 1 amide bonds. The number of amides is 1. The van der Waals surface area contributed by atoms with Gasteiger partial charge in [0.1, 0.15) is 0 Å². The molecule has 7 nitrogen and oxygen atoms in total. The van der Waals surface area contributed by atoms with E-state index in [-0.39, 0.29) is 11.0 Å². The molecule has 2 aromatic rings. The highest BCUT2D eigenvalue weighted by Crippen LogP contribution is 2.64. The molecule has 5 fully saturated rings. The Morgan fingerprint density at radius 2 is 1.78 bits per heavy atom. The number of carbonyl (C=O) groups excluding carboxylic acids is 1. The highest BCUT2D eigenvalue weighted by molar-refractivity contribution is 6.30. The molecule has 1 saturated heterocycles. The Kier molecular flexibility index (Phi) is 4.59. The largest absolute Gasteiger partial charge is 0.368 e. The second-order valence-electron chi connectivity index (χ2n) is 10.8. The number of nitrogens with zero attached hydrogens (tertiary/aromatic N) is 6. The molecule has 1 aromatic heterocycles.